The first-order valence-corrected chi connectivity index (χ1v) is 5.46. The van der Waals surface area contributed by atoms with Crippen LogP contribution >= 0.6 is 0 Å². The molecule has 0 amide bonds. The van der Waals surface area contributed by atoms with Crippen molar-refractivity contribution >= 4 is 5.97 Å². The molecule has 1 fully saturated rings. The summed E-state index contributed by atoms with van der Waals surface area (Å²) in [5.41, 5.74) is 0.836. The van der Waals surface area contributed by atoms with Gasteiger partial charge in [-0.05, 0) is 12.1 Å². The lowest BCUT2D eigenvalue weighted by Crippen LogP contribution is -3.14. The molecule has 1 aromatic carbocycles. The fraction of sp³-hybridized carbons (Fsp3) is 0.417. The second kappa shape index (κ2) is 4.61. The van der Waals surface area contributed by atoms with E-state index in [9.17, 15) is 14.3 Å². The maximum absolute atomic E-state index is 13.0. The molecule has 2 rings (SSSR count). The largest absolute Gasteiger partial charge is 0.544 e. The second-order valence-corrected chi connectivity index (χ2v) is 4.23. The van der Waals surface area contributed by atoms with Gasteiger partial charge >= 0.3 is 0 Å². The maximum atomic E-state index is 13.0. The van der Waals surface area contributed by atoms with E-state index in [2.05, 4.69) is 0 Å². The molecular formula is C12H14FNO2. The highest BCUT2D eigenvalue weighted by molar-refractivity contribution is 5.69. The summed E-state index contributed by atoms with van der Waals surface area (Å²) in [6, 6.07) is 5.87. The Labute approximate surface area is 93.5 Å². The molecule has 0 aliphatic carbocycles. The lowest BCUT2D eigenvalue weighted by molar-refractivity contribution is -0.919. The van der Waals surface area contributed by atoms with Crippen molar-refractivity contribution in [3.05, 3.63) is 35.6 Å². The molecule has 0 aromatic heterocycles. The molecule has 0 radical (unpaired) electrons. The van der Waals surface area contributed by atoms with E-state index in [-0.39, 0.29) is 5.82 Å². The van der Waals surface area contributed by atoms with Gasteiger partial charge in [0.1, 0.15) is 18.4 Å². The van der Waals surface area contributed by atoms with E-state index in [4.69, 9.17) is 0 Å². The molecule has 1 unspecified atom stereocenters. The number of carboxylic acids is 1. The fourth-order valence-corrected chi connectivity index (χ4v) is 2.32. The molecular weight excluding hydrogens is 209 g/mol. The molecule has 3 nitrogen and oxygen atoms in total. The second-order valence-electron chi connectivity index (χ2n) is 4.23. The van der Waals surface area contributed by atoms with Crippen molar-refractivity contribution in [2.75, 3.05) is 6.54 Å². The van der Waals surface area contributed by atoms with Crippen molar-refractivity contribution in [1.82, 2.24) is 0 Å². The number of halogens is 1. The number of hydrogen-bond acceptors (Lipinski definition) is 2. The zero-order valence-electron chi connectivity index (χ0n) is 8.91. The van der Waals surface area contributed by atoms with E-state index < -0.39 is 12.0 Å². The number of benzene rings is 1. The number of aliphatic carboxylic acids is 1. The third kappa shape index (κ3) is 2.39. The van der Waals surface area contributed by atoms with Crippen molar-refractivity contribution in [2.45, 2.75) is 25.4 Å². The topological polar surface area (TPSA) is 44.6 Å². The average Bonchev–Trinajstić information content (AvgIpc) is 2.66. The SMILES string of the molecule is O=C([O-])[C@H]1CCC[NH+]1Cc1cccc(F)c1. The molecule has 1 aliphatic heterocycles. The molecule has 4 heteroatoms. The van der Waals surface area contributed by atoms with E-state index in [0.29, 0.717) is 13.0 Å². The first kappa shape index (κ1) is 11.1. The van der Waals surface area contributed by atoms with Crippen LogP contribution in [-0.2, 0) is 11.3 Å². The number of carboxylic acid groups (broad SMARTS) is 1. The monoisotopic (exact) mass is 223 g/mol. The van der Waals surface area contributed by atoms with Gasteiger partial charge in [-0.1, -0.05) is 12.1 Å². The molecule has 2 atom stereocenters. The van der Waals surface area contributed by atoms with Gasteiger partial charge in [-0.3, -0.25) is 0 Å². The van der Waals surface area contributed by atoms with Gasteiger partial charge in [0.05, 0.1) is 12.5 Å². The van der Waals surface area contributed by atoms with Crippen LogP contribution in [0.25, 0.3) is 0 Å². The van der Waals surface area contributed by atoms with Gasteiger partial charge in [-0.25, -0.2) is 4.39 Å². The Hall–Kier alpha value is -1.42. The Bertz CT molecular complexity index is 394. The van der Waals surface area contributed by atoms with Crippen LogP contribution in [-0.4, -0.2) is 18.6 Å². The Kier molecular flexibility index (Phi) is 3.19. The molecule has 86 valence electrons. The molecule has 1 aromatic rings. The van der Waals surface area contributed by atoms with Crippen molar-refractivity contribution < 1.29 is 19.2 Å². The summed E-state index contributed by atoms with van der Waals surface area (Å²) >= 11 is 0. The van der Waals surface area contributed by atoms with Crippen LogP contribution in [0.3, 0.4) is 0 Å². The van der Waals surface area contributed by atoms with Crippen molar-refractivity contribution in [2.24, 2.45) is 0 Å². The highest BCUT2D eigenvalue weighted by Gasteiger charge is 2.29. The van der Waals surface area contributed by atoms with Gasteiger partial charge < -0.3 is 14.8 Å². The van der Waals surface area contributed by atoms with Gasteiger partial charge in [0, 0.05) is 18.4 Å². The number of carbonyl (C=O) groups is 1. The van der Waals surface area contributed by atoms with Crippen LogP contribution in [0.5, 0.6) is 0 Å². The molecule has 16 heavy (non-hydrogen) atoms. The summed E-state index contributed by atoms with van der Waals surface area (Å²) in [5, 5.41) is 10.9. The lowest BCUT2D eigenvalue weighted by Gasteiger charge is -2.22. The van der Waals surface area contributed by atoms with Crippen molar-refractivity contribution in [3.8, 4) is 0 Å². The minimum atomic E-state index is -0.996. The summed E-state index contributed by atoms with van der Waals surface area (Å²) in [6.07, 6.45) is 1.55. The third-order valence-corrected chi connectivity index (χ3v) is 3.09. The highest BCUT2D eigenvalue weighted by Crippen LogP contribution is 2.04. The molecule has 1 N–H and O–H groups in total. The minimum absolute atomic E-state index is 0.277. The first-order valence-electron chi connectivity index (χ1n) is 5.46. The Balaban J connectivity index is 2.06. The van der Waals surface area contributed by atoms with Gasteiger partial charge in [0.25, 0.3) is 0 Å². The summed E-state index contributed by atoms with van der Waals surface area (Å²) in [4.78, 5) is 11.8. The number of nitrogens with one attached hydrogen (secondary N) is 1. The van der Waals surface area contributed by atoms with Gasteiger partial charge in [0.2, 0.25) is 0 Å². The normalized spacial score (nSPS) is 24.6. The predicted octanol–water partition coefficient (Wildman–Crippen LogP) is -0.877. The molecule has 0 spiro atoms. The first-order chi connectivity index (χ1) is 7.66. The summed E-state index contributed by atoms with van der Waals surface area (Å²) in [5.74, 6) is -1.27. The summed E-state index contributed by atoms with van der Waals surface area (Å²) < 4.78 is 13.0. The molecule has 1 heterocycles. The van der Waals surface area contributed by atoms with Crippen LogP contribution in [0.4, 0.5) is 4.39 Å². The molecule has 0 saturated carbocycles. The van der Waals surface area contributed by atoms with Crippen molar-refractivity contribution in [1.29, 1.82) is 0 Å². The smallest absolute Gasteiger partial charge is 0.128 e. The van der Waals surface area contributed by atoms with E-state index in [1.54, 1.807) is 6.07 Å². The average molecular weight is 223 g/mol. The lowest BCUT2D eigenvalue weighted by atomic mass is 10.2. The summed E-state index contributed by atoms with van der Waals surface area (Å²) in [6.45, 7) is 1.37. The molecule has 1 aliphatic rings. The number of carbonyl (C=O) groups excluding carboxylic acids is 1. The van der Waals surface area contributed by atoms with Crippen LogP contribution in [0.1, 0.15) is 18.4 Å². The van der Waals surface area contributed by atoms with E-state index in [1.807, 2.05) is 6.07 Å². The number of rotatable bonds is 3. The van der Waals surface area contributed by atoms with Crippen molar-refractivity contribution in [3.63, 3.8) is 0 Å². The zero-order valence-corrected chi connectivity index (χ0v) is 8.91. The Morgan fingerprint density at radius 3 is 3.06 bits per heavy atom. The van der Waals surface area contributed by atoms with Crippen LogP contribution in [0, 0.1) is 5.82 Å². The van der Waals surface area contributed by atoms with Crippen LogP contribution in [0.15, 0.2) is 24.3 Å². The molecule has 0 bridgehead atoms. The number of hydrogen-bond donors (Lipinski definition) is 1. The number of likely N-dealkylation sites (tertiary alicyclic amines) is 1. The zero-order chi connectivity index (χ0) is 11.5. The van der Waals surface area contributed by atoms with Crippen LogP contribution < -0.4 is 10.0 Å². The third-order valence-electron chi connectivity index (χ3n) is 3.09. The van der Waals surface area contributed by atoms with Gasteiger partial charge in [0.15, 0.2) is 0 Å². The minimum Gasteiger partial charge on any atom is -0.544 e. The maximum Gasteiger partial charge on any atom is 0.128 e. The number of quaternary nitrogens is 1. The Morgan fingerprint density at radius 2 is 2.38 bits per heavy atom. The quantitative estimate of drug-likeness (QED) is 0.723. The fourth-order valence-electron chi connectivity index (χ4n) is 2.32. The Morgan fingerprint density at radius 1 is 1.56 bits per heavy atom. The predicted molar refractivity (Wildman–Crippen MR) is 54.0 cm³/mol. The standard InChI is InChI=1S/C12H14FNO2/c13-10-4-1-3-9(7-10)8-14-6-2-5-11(14)12(15)16/h1,3-4,7,11H,2,5-6,8H2,(H,15,16)/t11-/m1/s1. The molecule has 1 saturated heterocycles. The summed E-state index contributed by atoms with van der Waals surface area (Å²) in [7, 11) is 0. The van der Waals surface area contributed by atoms with E-state index >= 15 is 0 Å². The highest BCUT2D eigenvalue weighted by atomic mass is 19.1. The van der Waals surface area contributed by atoms with E-state index in [1.165, 1.54) is 12.1 Å². The van der Waals surface area contributed by atoms with E-state index in [0.717, 1.165) is 23.4 Å². The van der Waals surface area contributed by atoms with Crippen LogP contribution in [0.2, 0.25) is 0 Å². The van der Waals surface area contributed by atoms with Gasteiger partial charge in [-0.2, -0.15) is 0 Å². The van der Waals surface area contributed by atoms with Gasteiger partial charge in [-0.15, -0.1) is 0 Å².